The van der Waals surface area contributed by atoms with E-state index >= 15 is 0 Å². The number of amides is 1. The van der Waals surface area contributed by atoms with E-state index in [1.807, 2.05) is 24.8 Å². The van der Waals surface area contributed by atoms with Crippen LogP contribution in [0.4, 0.5) is 0 Å². The molecule has 1 aromatic carbocycles. The Balaban J connectivity index is 1.62. The van der Waals surface area contributed by atoms with Crippen LogP contribution in [0.1, 0.15) is 57.5 Å². The minimum absolute atomic E-state index is 0.0769. The fourth-order valence-corrected chi connectivity index (χ4v) is 4.16. The van der Waals surface area contributed by atoms with Gasteiger partial charge in [-0.1, -0.05) is 26.0 Å². The highest BCUT2D eigenvalue weighted by molar-refractivity contribution is 5.78. The number of fused-ring (bicyclic) bond motifs is 1. The summed E-state index contributed by atoms with van der Waals surface area (Å²) in [6.07, 6.45) is 4.24. The summed E-state index contributed by atoms with van der Waals surface area (Å²) in [5.41, 5.74) is 2.25. The first-order valence-electron chi connectivity index (χ1n) is 9.52. The topological polar surface area (TPSA) is 47.4 Å². The minimum Gasteiger partial charge on any atom is -0.370 e. The first-order chi connectivity index (χ1) is 12.1. The van der Waals surface area contributed by atoms with Gasteiger partial charge in [0.05, 0.1) is 11.0 Å². The quantitative estimate of drug-likeness (QED) is 0.855. The summed E-state index contributed by atoms with van der Waals surface area (Å²) < 4.78 is 8.35. The first kappa shape index (κ1) is 16.6. The molecule has 2 saturated heterocycles. The summed E-state index contributed by atoms with van der Waals surface area (Å²) in [5, 5.41) is 0. The van der Waals surface area contributed by atoms with Gasteiger partial charge in [0.25, 0.3) is 0 Å². The van der Waals surface area contributed by atoms with Crippen molar-refractivity contribution in [2.45, 2.75) is 51.7 Å². The van der Waals surface area contributed by atoms with Crippen molar-refractivity contribution in [2.24, 2.45) is 5.92 Å². The molecule has 2 fully saturated rings. The largest absolute Gasteiger partial charge is 0.370 e. The zero-order chi connectivity index (χ0) is 17.4. The molecule has 0 saturated carbocycles. The highest BCUT2D eigenvalue weighted by Crippen LogP contribution is 2.35. The van der Waals surface area contributed by atoms with Gasteiger partial charge < -0.3 is 14.2 Å². The second-order valence-electron chi connectivity index (χ2n) is 7.54. The fraction of sp³-hybridized carbons (Fsp3) is 0.600. The van der Waals surface area contributed by atoms with E-state index in [0.717, 1.165) is 56.7 Å². The third-order valence-corrected chi connectivity index (χ3v) is 5.48. The highest BCUT2D eigenvalue weighted by atomic mass is 16.5. The molecule has 1 atom stereocenters. The van der Waals surface area contributed by atoms with Crippen molar-refractivity contribution in [1.82, 2.24) is 14.5 Å². The van der Waals surface area contributed by atoms with Gasteiger partial charge in [0.15, 0.2) is 0 Å². The number of carbonyl (C=O) groups excluding carboxylic acids is 1. The van der Waals surface area contributed by atoms with Crippen molar-refractivity contribution >= 4 is 16.9 Å². The van der Waals surface area contributed by atoms with E-state index in [9.17, 15) is 4.79 Å². The van der Waals surface area contributed by atoms with Crippen LogP contribution in [0, 0.1) is 5.92 Å². The number of benzene rings is 1. The highest BCUT2D eigenvalue weighted by Gasteiger charge is 2.31. The molecule has 2 aliphatic heterocycles. The van der Waals surface area contributed by atoms with Crippen molar-refractivity contribution in [1.29, 1.82) is 0 Å². The number of piperidine rings is 1. The van der Waals surface area contributed by atoms with Crippen LogP contribution in [0.5, 0.6) is 0 Å². The maximum atomic E-state index is 12.3. The zero-order valence-corrected chi connectivity index (χ0v) is 15.1. The van der Waals surface area contributed by atoms with E-state index in [1.165, 1.54) is 5.52 Å². The Morgan fingerprint density at radius 3 is 2.64 bits per heavy atom. The maximum absolute atomic E-state index is 12.3. The standard InChI is InChI=1S/C20H27N3O2/c1-14(2)20(24)22-11-9-15(10-12-22)23-17-7-4-3-6-16(17)21-19(23)18-8-5-13-25-18/h3-4,6-7,14-15,18H,5,8-13H2,1-2H3. The number of likely N-dealkylation sites (tertiary alicyclic amines) is 1. The third-order valence-electron chi connectivity index (χ3n) is 5.48. The Morgan fingerprint density at radius 2 is 1.96 bits per heavy atom. The van der Waals surface area contributed by atoms with Crippen molar-refractivity contribution in [2.75, 3.05) is 19.7 Å². The van der Waals surface area contributed by atoms with Gasteiger partial charge in [-0.3, -0.25) is 4.79 Å². The molecule has 25 heavy (non-hydrogen) atoms. The van der Waals surface area contributed by atoms with Crippen LogP contribution in [-0.2, 0) is 9.53 Å². The minimum atomic E-state index is 0.0769. The molecule has 1 unspecified atom stereocenters. The molecule has 0 aliphatic carbocycles. The van der Waals surface area contributed by atoms with Gasteiger partial charge in [0.1, 0.15) is 11.9 Å². The van der Waals surface area contributed by atoms with E-state index in [1.54, 1.807) is 0 Å². The monoisotopic (exact) mass is 341 g/mol. The van der Waals surface area contributed by atoms with Crippen LogP contribution in [0.2, 0.25) is 0 Å². The first-order valence-corrected chi connectivity index (χ1v) is 9.52. The molecule has 2 aromatic rings. The number of para-hydroxylation sites is 2. The summed E-state index contributed by atoms with van der Waals surface area (Å²) in [4.78, 5) is 19.2. The summed E-state index contributed by atoms with van der Waals surface area (Å²) in [6, 6.07) is 8.76. The lowest BCUT2D eigenvalue weighted by molar-refractivity contribution is -0.135. The number of aromatic nitrogens is 2. The summed E-state index contributed by atoms with van der Waals surface area (Å²) in [5.74, 6) is 1.42. The van der Waals surface area contributed by atoms with E-state index in [2.05, 4.69) is 22.8 Å². The molecule has 5 heteroatoms. The molecule has 4 rings (SSSR count). The van der Waals surface area contributed by atoms with Crippen LogP contribution >= 0.6 is 0 Å². The zero-order valence-electron chi connectivity index (χ0n) is 15.1. The number of rotatable bonds is 3. The number of carbonyl (C=O) groups is 1. The predicted molar refractivity (Wildman–Crippen MR) is 97.3 cm³/mol. The average molecular weight is 341 g/mol. The van der Waals surface area contributed by atoms with Gasteiger partial charge in [-0.15, -0.1) is 0 Å². The van der Waals surface area contributed by atoms with Gasteiger partial charge in [-0.05, 0) is 37.8 Å². The van der Waals surface area contributed by atoms with Crippen molar-refractivity contribution in [3.63, 3.8) is 0 Å². The summed E-state index contributed by atoms with van der Waals surface area (Å²) >= 11 is 0. The molecule has 0 radical (unpaired) electrons. The van der Waals surface area contributed by atoms with Gasteiger partial charge in [0, 0.05) is 31.7 Å². The Hall–Kier alpha value is -1.88. The fourth-order valence-electron chi connectivity index (χ4n) is 4.16. The molecular formula is C20H27N3O2. The normalized spacial score (nSPS) is 22.2. The van der Waals surface area contributed by atoms with Gasteiger partial charge in [-0.25, -0.2) is 4.98 Å². The summed E-state index contributed by atoms with van der Waals surface area (Å²) in [6.45, 7) is 6.45. The van der Waals surface area contributed by atoms with Crippen molar-refractivity contribution < 1.29 is 9.53 Å². The van der Waals surface area contributed by atoms with Crippen LogP contribution in [-0.4, -0.2) is 40.1 Å². The number of hydrogen-bond acceptors (Lipinski definition) is 3. The van der Waals surface area contributed by atoms with Crippen LogP contribution in [0.25, 0.3) is 11.0 Å². The molecule has 134 valence electrons. The van der Waals surface area contributed by atoms with Crippen LogP contribution in [0.15, 0.2) is 24.3 Å². The lowest BCUT2D eigenvalue weighted by Gasteiger charge is -2.35. The van der Waals surface area contributed by atoms with Gasteiger partial charge >= 0.3 is 0 Å². The second-order valence-corrected chi connectivity index (χ2v) is 7.54. The van der Waals surface area contributed by atoms with Crippen LogP contribution in [0.3, 0.4) is 0 Å². The maximum Gasteiger partial charge on any atom is 0.225 e. The lowest BCUT2D eigenvalue weighted by Crippen LogP contribution is -2.41. The average Bonchev–Trinajstić information content (AvgIpc) is 3.28. The van der Waals surface area contributed by atoms with Crippen LogP contribution < -0.4 is 0 Å². The third kappa shape index (κ3) is 3.06. The molecule has 1 aromatic heterocycles. The molecule has 3 heterocycles. The van der Waals surface area contributed by atoms with Gasteiger partial charge in [-0.2, -0.15) is 0 Å². The SMILES string of the molecule is CC(C)C(=O)N1CCC(n2c(C3CCCO3)nc3ccccc32)CC1. The lowest BCUT2D eigenvalue weighted by atomic mass is 10.0. The summed E-state index contributed by atoms with van der Waals surface area (Å²) in [7, 11) is 0. The number of ether oxygens (including phenoxy) is 1. The second kappa shape index (κ2) is 6.79. The Bertz CT molecular complexity index is 753. The van der Waals surface area contributed by atoms with Crippen molar-refractivity contribution in [3.8, 4) is 0 Å². The van der Waals surface area contributed by atoms with E-state index in [0.29, 0.717) is 6.04 Å². The molecule has 0 N–H and O–H groups in total. The molecular weight excluding hydrogens is 314 g/mol. The molecule has 0 spiro atoms. The van der Waals surface area contributed by atoms with Crippen molar-refractivity contribution in [3.05, 3.63) is 30.1 Å². The number of hydrogen-bond donors (Lipinski definition) is 0. The molecule has 1 amide bonds. The van der Waals surface area contributed by atoms with E-state index in [4.69, 9.17) is 9.72 Å². The Kier molecular flexibility index (Phi) is 4.50. The number of nitrogens with zero attached hydrogens (tertiary/aromatic N) is 3. The van der Waals surface area contributed by atoms with E-state index < -0.39 is 0 Å². The Labute approximate surface area is 149 Å². The smallest absolute Gasteiger partial charge is 0.225 e. The molecule has 5 nitrogen and oxygen atoms in total. The predicted octanol–water partition coefficient (Wildman–Crippen LogP) is 3.71. The number of imidazole rings is 1. The van der Waals surface area contributed by atoms with Gasteiger partial charge in [0.2, 0.25) is 5.91 Å². The molecule has 0 bridgehead atoms. The Morgan fingerprint density at radius 1 is 1.20 bits per heavy atom. The molecule has 2 aliphatic rings. The van der Waals surface area contributed by atoms with E-state index in [-0.39, 0.29) is 17.9 Å².